The Morgan fingerprint density at radius 1 is 1.38 bits per heavy atom. The molecule has 3 heterocycles. The van der Waals surface area contributed by atoms with Crippen molar-refractivity contribution in [3.8, 4) is 11.9 Å². The average molecular weight is 414 g/mol. The van der Waals surface area contributed by atoms with Crippen LogP contribution in [0.25, 0.3) is 0 Å². The van der Waals surface area contributed by atoms with E-state index in [2.05, 4.69) is 37.5 Å². The van der Waals surface area contributed by atoms with Crippen LogP contribution in [-0.2, 0) is 15.6 Å². The van der Waals surface area contributed by atoms with Crippen molar-refractivity contribution in [2.75, 3.05) is 5.32 Å². The number of benzene rings is 1. The van der Waals surface area contributed by atoms with Crippen molar-refractivity contribution in [2.45, 2.75) is 31.6 Å². The van der Waals surface area contributed by atoms with E-state index in [-0.39, 0.29) is 28.7 Å². The SMILES string of the molecule is CC(C)(C)c1[nH]nc2c1C1(C(=O)Nc3ccc(Br)cc31)C(C#N)=C(N)O2. The van der Waals surface area contributed by atoms with Crippen LogP contribution in [0.5, 0.6) is 5.88 Å². The Kier molecular flexibility index (Phi) is 3.28. The molecule has 4 rings (SSSR count). The van der Waals surface area contributed by atoms with Crippen LogP contribution in [0.2, 0.25) is 0 Å². The summed E-state index contributed by atoms with van der Waals surface area (Å²) in [4.78, 5) is 13.3. The van der Waals surface area contributed by atoms with Gasteiger partial charge in [-0.1, -0.05) is 36.7 Å². The minimum Gasteiger partial charge on any atom is -0.420 e. The predicted octanol–water partition coefficient (Wildman–Crippen LogP) is 2.79. The highest BCUT2D eigenvalue weighted by Gasteiger charge is 2.59. The van der Waals surface area contributed by atoms with E-state index in [1.54, 1.807) is 6.07 Å². The smallest absolute Gasteiger partial charge is 0.245 e. The van der Waals surface area contributed by atoms with Crippen LogP contribution in [0.15, 0.2) is 34.1 Å². The van der Waals surface area contributed by atoms with Crippen molar-refractivity contribution in [1.29, 1.82) is 5.26 Å². The number of carbonyl (C=O) groups is 1. The van der Waals surface area contributed by atoms with E-state index in [9.17, 15) is 10.1 Å². The largest absolute Gasteiger partial charge is 0.420 e. The molecule has 1 atom stereocenters. The van der Waals surface area contributed by atoms with Crippen LogP contribution in [0.4, 0.5) is 5.69 Å². The summed E-state index contributed by atoms with van der Waals surface area (Å²) in [7, 11) is 0. The molecule has 0 aliphatic carbocycles. The number of nitriles is 1. The Morgan fingerprint density at radius 3 is 2.77 bits per heavy atom. The molecule has 2 aliphatic heterocycles. The van der Waals surface area contributed by atoms with Gasteiger partial charge in [0.05, 0.1) is 5.56 Å². The van der Waals surface area contributed by atoms with Crippen LogP contribution in [0, 0.1) is 11.3 Å². The number of anilines is 1. The maximum atomic E-state index is 13.3. The van der Waals surface area contributed by atoms with E-state index in [0.717, 1.165) is 10.2 Å². The molecule has 1 aromatic carbocycles. The number of aromatic nitrogens is 2. The maximum absolute atomic E-state index is 13.3. The van der Waals surface area contributed by atoms with Gasteiger partial charge in [-0.2, -0.15) is 5.26 Å². The number of carbonyl (C=O) groups excluding carboxylic acids is 1. The second-order valence-corrected chi connectivity index (χ2v) is 8.29. The van der Waals surface area contributed by atoms with Crippen LogP contribution >= 0.6 is 15.9 Å². The van der Waals surface area contributed by atoms with Gasteiger partial charge in [-0.3, -0.25) is 9.89 Å². The van der Waals surface area contributed by atoms with Gasteiger partial charge in [-0.05, 0) is 18.2 Å². The predicted molar refractivity (Wildman–Crippen MR) is 98.3 cm³/mol. The standard InChI is InChI=1S/C18H16BrN5O2/c1-17(2,3)13-12-15(24-23-13)26-14(21)10(7-20)18(12)9-6-8(19)4-5-11(9)22-16(18)25/h4-6H,21H2,1-3H3,(H,22,25)(H,23,24). The molecule has 132 valence electrons. The Bertz CT molecular complexity index is 1040. The fraction of sp³-hybridized carbons (Fsp3) is 0.278. The highest BCUT2D eigenvalue weighted by molar-refractivity contribution is 9.10. The molecule has 0 bridgehead atoms. The number of halogens is 1. The molecule has 2 aromatic rings. The lowest BCUT2D eigenvalue weighted by molar-refractivity contribution is -0.118. The summed E-state index contributed by atoms with van der Waals surface area (Å²) in [5, 5.41) is 20.0. The minimum absolute atomic E-state index is 0.0613. The Labute approximate surface area is 158 Å². The van der Waals surface area contributed by atoms with E-state index in [4.69, 9.17) is 10.5 Å². The third-order valence-electron chi connectivity index (χ3n) is 4.77. The Balaban J connectivity index is 2.18. The third kappa shape index (κ3) is 1.92. The van der Waals surface area contributed by atoms with E-state index in [0.29, 0.717) is 16.8 Å². The van der Waals surface area contributed by atoms with Crippen molar-refractivity contribution in [3.05, 3.63) is 50.9 Å². The molecule has 0 saturated heterocycles. The summed E-state index contributed by atoms with van der Waals surface area (Å²) in [6.07, 6.45) is 0. The molecule has 2 aliphatic rings. The summed E-state index contributed by atoms with van der Waals surface area (Å²) in [6.45, 7) is 5.99. The Morgan fingerprint density at radius 2 is 2.12 bits per heavy atom. The van der Waals surface area contributed by atoms with Gasteiger partial charge < -0.3 is 15.8 Å². The molecule has 1 amide bonds. The molecule has 7 nitrogen and oxygen atoms in total. The molecule has 0 fully saturated rings. The van der Waals surface area contributed by atoms with Crippen molar-refractivity contribution in [3.63, 3.8) is 0 Å². The van der Waals surface area contributed by atoms with E-state index in [1.807, 2.05) is 32.9 Å². The van der Waals surface area contributed by atoms with Gasteiger partial charge in [0.1, 0.15) is 17.1 Å². The molecule has 26 heavy (non-hydrogen) atoms. The lowest BCUT2D eigenvalue weighted by Gasteiger charge is -2.34. The second-order valence-electron chi connectivity index (χ2n) is 7.38. The molecule has 1 aromatic heterocycles. The number of fused-ring (bicyclic) bond motifs is 4. The monoisotopic (exact) mass is 413 g/mol. The number of ether oxygens (including phenoxy) is 1. The Hall–Kier alpha value is -2.79. The maximum Gasteiger partial charge on any atom is 0.245 e. The summed E-state index contributed by atoms with van der Waals surface area (Å²) in [5.41, 5.74) is 6.85. The zero-order chi connectivity index (χ0) is 18.9. The quantitative estimate of drug-likeness (QED) is 0.613. The fourth-order valence-corrected chi connectivity index (χ4v) is 4.03. The molecule has 0 saturated carbocycles. The van der Waals surface area contributed by atoms with Gasteiger partial charge in [0.15, 0.2) is 0 Å². The number of hydrogen-bond acceptors (Lipinski definition) is 5. The zero-order valence-electron chi connectivity index (χ0n) is 14.4. The molecule has 4 N–H and O–H groups in total. The van der Waals surface area contributed by atoms with Crippen molar-refractivity contribution >= 4 is 27.5 Å². The zero-order valence-corrected chi connectivity index (χ0v) is 16.0. The fourth-order valence-electron chi connectivity index (χ4n) is 3.66. The number of nitrogens with zero attached hydrogens (tertiary/aromatic N) is 2. The molecular formula is C18H16BrN5O2. The lowest BCUT2D eigenvalue weighted by Crippen LogP contribution is -2.43. The van der Waals surface area contributed by atoms with Crippen molar-refractivity contribution in [1.82, 2.24) is 10.2 Å². The average Bonchev–Trinajstić information content (AvgIpc) is 3.09. The highest BCUT2D eigenvalue weighted by atomic mass is 79.9. The molecular weight excluding hydrogens is 398 g/mol. The first-order chi connectivity index (χ1) is 12.2. The number of nitrogens with two attached hydrogens (primary N) is 1. The van der Waals surface area contributed by atoms with Gasteiger partial charge in [0, 0.05) is 26.8 Å². The number of nitrogens with one attached hydrogen (secondary N) is 2. The number of amides is 1. The normalized spacial score (nSPS) is 21.1. The lowest BCUT2D eigenvalue weighted by atomic mass is 9.67. The highest BCUT2D eigenvalue weighted by Crippen LogP contribution is 2.55. The van der Waals surface area contributed by atoms with Crippen LogP contribution in [-0.4, -0.2) is 16.1 Å². The number of rotatable bonds is 0. The van der Waals surface area contributed by atoms with Crippen LogP contribution in [0.3, 0.4) is 0 Å². The molecule has 1 unspecified atom stereocenters. The topological polar surface area (TPSA) is 117 Å². The summed E-state index contributed by atoms with van der Waals surface area (Å²) in [6, 6.07) is 7.55. The minimum atomic E-state index is -1.40. The van der Waals surface area contributed by atoms with Gasteiger partial charge in [0.2, 0.25) is 17.7 Å². The molecule has 8 heteroatoms. The number of aromatic amines is 1. The third-order valence-corrected chi connectivity index (χ3v) is 5.27. The summed E-state index contributed by atoms with van der Waals surface area (Å²) >= 11 is 3.46. The van der Waals surface area contributed by atoms with Crippen molar-refractivity contribution < 1.29 is 9.53 Å². The van der Waals surface area contributed by atoms with Crippen LogP contribution in [0.1, 0.15) is 37.6 Å². The van der Waals surface area contributed by atoms with Crippen LogP contribution < -0.4 is 15.8 Å². The number of hydrogen-bond donors (Lipinski definition) is 3. The second kappa shape index (κ2) is 5.11. The number of H-pyrrole nitrogens is 1. The van der Waals surface area contributed by atoms with Gasteiger partial charge >= 0.3 is 0 Å². The van der Waals surface area contributed by atoms with E-state index in [1.165, 1.54) is 0 Å². The first-order valence-corrected chi connectivity index (χ1v) is 8.79. The van der Waals surface area contributed by atoms with Crippen molar-refractivity contribution in [2.24, 2.45) is 5.73 Å². The first kappa shape index (κ1) is 16.7. The molecule has 0 radical (unpaired) electrons. The van der Waals surface area contributed by atoms with E-state index < -0.39 is 5.41 Å². The summed E-state index contributed by atoms with van der Waals surface area (Å²) < 4.78 is 6.38. The molecule has 1 spiro atoms. The summed E-state index contributed by atoms with van der Waals surface area (Å²) in [5.74, 6) is -0.245. The van der Waals surface area contributed by atoms with Gasteiger partial charge in [0.25, 0.3) is 0 Å². The van der Waals surface area contributed by atoms with Gasteiger partial charge in [-0.15, -0.1) is 5.10 Å². The first-order valence-electron chi connectivity index (χ1n) is 8.00. The van der Waals surface area contributed by atoms with Gasteiger partial charge in [-0.25, -0.2) is 0 Å². The van der Waals surface area contributed by atoms with E-state index >= 15 is 0 Å².